The Morgan fingerprint density at radius 1 is 0.380 bits per heavy atom. The van der Waals surface area contributed by atoms with E-state index in [4.69, 9.17) is 74.7 Å². The molecule has 4 aromatic carbocycles. The van der Waals surface area contributed by atoms with Crippen molar-refractivity contribution in [3.05, 3.63) is 203 Å². The molecule has 0 fully saturated rings. The van der Waals surface area contributed by atoms with Crippen molar-refractivity contribution in [3.8, 4) is 0 Å². The lowest BCUT2D eigenvalue weighted by molar-refractivity contribution is 0.0694. The van der Waals surface area contributed by atoms with Crippen molar-refractivity contribution in [2.75, 3.05) is 0 Å². The smallest absolute Gasteiger partial charge is 0.335 e. The monoisotopic (exact) mass is 1260 g/mol. The van der Waals surface area contributed by atoms with E-state index < -0.39 is 5.97 Å². The summed E-state index contributed by atoms with van der Waals surface area (Å²) in [6.07, 6.45) is 0. The first-order valence-electron chi connectivity index (χ1n) is 26.2. The van der Waals surface area contributed by atoms with Crippen LogP contribution in [0.2, 0.25) is 28.1 Å². The standard InChI is InChI=1S/C14H16.C11H14O2.C10H13Cl.2C8H10Cl2S.C8H11ClS.C8H12S/c1-14(2,3)13-9-8-11-6-4-5-7-12(11)10-13;1-11(2,3)9-7-5-4-6-8(9)10(12)13;1-10(2,3)8-4-6-9(11)7-5-8;2*1-8(2,3)6-4-5(9)7(10)11-6;1-8(2,3)6-4-5-7(9)10-6;1-8(2,3)7-5-4-6-9-7/h4-10H,1-3H3;4-7H,1-3H3,(H,12,13);4-7H,1-3H3;2*4H,1-3H3;4-5H,1-3H3;4-6H,1-3H3. The normalized spacial score (nSPS) is 11.8. The van der Waals surface area contributed by atoms with E-state index in [9.17, 15) is 4.79 Å². The summed E-state index contributed by atoms with van der Waals surface area (Å²) < 4.78 is 2.26. The topological polar surface area (TPSA) is 37.3 Å². The minimum Gasteiger partial charge on any atom is -0.478 e. The summed E-state index contributed by atoms with van der Waals surface area (Å²) in [5, 5.41) is 15.8. The van der Waals surface area contributed by atoms with E-state index in [1.165, 1.54) is 41.4 Å². The lowest BCUT2D eigenvalue weighted by Gasteiger charge is -2.20. The summed E-state index contributed by atoms with van der Waals surface area (Å²) in [7, 11) is 0. The largest absolute Gasteiger partial charge is 0.478 e. The zero-order chi connectivity index (χ0) is 60.7. The molecule has 2 nitrogen and oxygen atoms in total. The average molecular weight is 1260 g/mol. The summed E-state index contributed by atoms with van der Waals surface area (Å²) in [4.78, 5) is 16.1. The number of carbonyl (C=O) groups is 1. The van der Waals surface area contributed by atoms with E-state index in [1.807, 2.05) is 74.6 Å². The number of benzene rings is 4. The van der Waals surface area contributed by atoms with E-state index >= 15 is 0 Å². The molecule has 4 heterocycles. The molecule has 1 N–H and O–H groups in total. The van der Waals surface area contributed by atoms with Crippen LogP contribution in [-0.4, -0.2) is 11.1 Å². The Bertz CT molecular complexity index is 2980. The molecular weight excluding hydrogens is 1180 g/mol. The predicted octanol–water partition coefficient (Wildman–Crippen LogP) is 25.9. The molecule has 432 valence electrons. The molecular formula is C67H86Cl6O2S4. The summed E-state index contributed by atoms with van der Waals surface area (Å²) in [5.41, 5.74) is 5.24. The van der Waals surface area contributed by atoms with Crippen LogP contribution in [0.1, 0.15) is 192 Å². The number of hydrogen-bond acceptors (Lipinski definition) is 5. The van der Waals surface area contributed by atoms with Crippen LogP contribution in [0.4, 0.5) is 0 Å². The van der Waals surface area contributed by atoms with Crippen LogP contribution in [0.25, 0.3) is 10.8 Å². The van der Waals surface area contributed by atoms with Gasteiger partial charge in [-0.1, -0.05) is 294 Å². The molecule has 8 aromatic rings. The minimum absolute atomic E-state index is 0.116. The number of fused-ring (bicyclic) bond motifs is 1. The van der Waals surface area contributed by atoms with Gasteiger partial charge in [-0.2, -0.15) is 0 Å². The van der Waals surface area contributed by atoms with Gasteiger partial charge in [-0.25, -0.2) is 4.79 Å². The van der Waals surface area contributed by atoms with E-state index in [-0.39, 0.29) is 32.5 Å². The first-order chi connectivity index (χ1) is 35.9. The number of carboxylic acids is 1. The van der Waals surface area contributed by atoms with E-state index in [0.717, 1.165) is 14.9 Å². The molecule has 0 atom stereocenters. The van der Waals surface area contributed by atoms with Crippen molar-refractivity contribution < 1.29 is 9.90 Å². The minimum atomic E-state index is -0.856. The van der Waals surface area contributed by atoms with Gasteiger partial charge in [0.15, 0.2) is 0 Å². The summed E-state index contributed by atoms with van der Waals surface area (Å²) in [6, 6.07) is 42.6. The Labute approximate surface area is 522 Å². The molecule has 12 heteroatoms. The van der Waals surface area contributed by atoms with Gasteiger partial charge in [-0.05, 0) is 119 Å². The van der Waals surface area contributed by atoms with Crippen LogP contribution < -0.4 is 0 Å². The van der Waals surface area contributed by atoms with Crippen molar-refractivity contribution in [3.63, 3.8) is 0 Å². The molecule has 0 aliphatic carbocycles. The fraction of sp³-hybridized carbons (Fsp3) is 0.418. The van der Waals surface area contributed by atoms with Crippen LogP contribution in [0, 0.1) is 0 Å². The summed E-state index contributed by atoms with van der Waals surface area (Å²) >= 11 is 41.4. The molecule has 0 saturated carbocycles. The number of carboxylic acid groups (broad SMARTS) is 1. The van der Waals surface area contributed by atoms with Crippen LogP contribution >= 0.6 is 115 Å². The third kappa shape index (κ3) is 26.1. The Balaban J connectivity index is 0.000000316. The Morgan fingerprint density at radius 2 is 0.810 bits per heavy atom. The highest BCUT2D eigenvalue weighted by Crippen LogP contribution is 2.39. The van der Waals surface area contributed by atoms with Gasteiger partial charge in [0.1, 0.15) is 8.67 Å². The lowest BCUT2D eigenvalue weighted by atomic mass is 9.84. The van der Waals surface area contributed by atoms with Gasteiger partial charge < -0.3 is 5.11 Å². The Kier molecular flexibility index (Phi) is 28.0. The second-order valence-corrected chi connectivity index (χ2v) is 33.4. The molecule has 0 spiro atoms. The SMILES string of the molecule is CC(C)(C)c1cc(Cl)c(Cl)s1.CC(C)(C)c1cc(Cl)c(Cl)s1.CC(C)(C)c1ccc(Cl)cc1.CC(C)(C)c1ccc(Cl)s1.CC(C)(C)c1ccc2ccccc2c1.CC(C)(C)c1ccccc1C(=O)O.CC(C)(C)c1cccs1. The lowest BCUT2D eigenvalue weighted by Crippen LogP contribution is -2.16. The average Bonchev–Trinajstić information content (AvgIpc) is 4.16. The fourth-order valence-electron chi connectivity index (χ4n) is 6.78. The van der Waals surface area contributed by atoms with Crippen molar-refractivity contribution in [1.82, 2.24) is 0 Å². The summed E-state index contributed by atoms with van der Waals surface area (Å²) in [5.74, 6) is -0.856. The molecule has 4 aromatic heterocycles. The van der Waals surface area contributed by atoms with Crippen LogP contribution in [0.15, 0.2) is 133 Å². The Hall–Kier alpha value is -2.85. The highest BCUT2D eigenvalue weighted by Gasteiger charge is 2.22. The van der Waals surface area contributed by atoms with Gasteiger partial charge in [0, 0.05) is 24.5 Å². The maximum Gasteiger partial charge on any atom is 0.335 e. The van der Waals surface area contributed by atoms with Crippen LogP contribution in [-0.2, 0) is 37.9 Å². The van der Waals surface area contributed by atoms with Gasteiger partial charge in [-0.3, -0.25) is 0 Å². The predicted molar refractivity (Wildman–Crippen MR) is 362 cm³/mol. The third-order valence-electron chi connectivity index (χ3n) is 11.6. The molecule has 79 heavy (non-hydrogen) atoms. The highest BCUT2D eigenvalue weighted by atomic mass is 35.5. The van der Waals surface area contributed by atoms with Crippen LogP contribution in [0.5, 0.6) is 0 Å². The Morgan fingerprint density at radius 3 is 1.11 bits per heavy atom. The molecule has 0 radical (unpaired) electrons. The van der Waals surface area contributed by atoms with Gasteiger partial charge in [0.2, 0.25) is 0 Å². The van der Waals surface area contributed by atoms with Crippen molar-refractivity contribution in [2.24, 2.45) is 0 Å². The fourth-order valence-corrected chi connectivity index (χ4v) is 11.7. The number of aromatic carboxylic acids is 1. The van der Waals surface area contributed by atoms with E-state index in [1.54, 1.807) is 46.1 Å². The van der Waals surface area contributed by atoms with Crippen LogP contribution in [0.3, 0.4) is 0 Å². The molecule has 0 bridgehead atoms. The molecule has 0 amide bonds. The molecule has 0 aliphatic rings. The number of thiophene rings is 4. The zero-order valence-electron chi connectivity index (χ0n) is 50.5. The number of halogens is 6. The zero-order valence-corrected chi connectivity index (χ0v) is 58.3. The van der Waals surface area contributed by atoms with Gasteiger partial charge in [0.25, 0.3) is 0 Å². The van der Waals surface area contributed by atoms with E-state index in [0.29, 0.717) is 29.7 Å². The van der Waals surface area contributed by atoms with E-state index in [2.05, 4.69) is 203 Å². The molecule has 0 saturated heterocycles. The number of hydrogen-bond donors (Lipinski definition) is 1. The van der Waals surface area contributed by atoms with Gasteiger partial charge >= 0.3 is 5.97 Å². The second-order valence-electron chi connectivity index (χ2n) is 26.2. The second kappa shape index (κ2) is 30.6. The first-order valence-corrected chi connectivity index (χ1v) is 31.8. The van der Waals surface area contributed by atoms with Gasteiger partial charge in [0.05, 0.1) is 19.9 Å². The maximum atomic E-state index is 10.9. The third-order valence-corrected chi connectivity index (χ3v) is 19.4. The number of rotatable bonds is 1. The molecule has 0 unspecified atom stereocenters. The van der Waals surface area contributed by atoms with Gasteiger partial charge in [-0.15, -0.1) is 45.3 Å². The quantitative estimate of drug-likeness (QED) is 0.178. The van der Waals surface area contributed by atoms with Crippen molar-refractivity contribution >= 4 is 132 Å². The maximum absolute atomic E-state index is 10.9. The first kappa shape index (κ1) is 72.3. The van der Waals surface area contributed by atoms with Crippen molar-refractivity contribution in [2.45, 2.75) is 183 Å². The highest BCUT2D eigenvalue weighted by molar-refractivity contribution is 7.17. The molecule has 8 rings (SSSR count). The van der Waals surface area contributed by atoms with Crippen molar-refractivity contribution in [1.29, 1.82) is 0 Å². The summed E-state index contributed by atoms with van der Waals surface area (Å²) in [6.45, 7) is 45.5. The molecule has 0 aliphatic heterocycles.